The number of rotatable bonds is 9. The summed E-state index contributed by atoms with van der Waals surface area (Å²) >= 11 is 0. The summed E-state index contributed by atoms with van der Waals surface area (Å²) in [6, 6.07) is 0. The number of nitrogens with zero attached hydrogens (tertiary/aromatic N) is 6. The van der Waals surface area contributed by atoms with Gasteiger partial charge < -0.3 is 44.2 Å². The van der Waals surface area contributed by atoms with Crippen molar-refractivity contribution in [3.63, 3.8) is 0 Å². The van der Waals surface area contributed by atoms with Gasteiger partial charge in [0, 0.05) is 29.9 Å². The van der Waals surface area contributed by atoms with Gasteiger partial charge in [0.15, 0.2) is 0 Å². The molecule has 10 nitrogen and oxygen atoms in total. The van der Waals surface area contributed by atoms with Crippen molar-refractivity contribution in [2.24, 2.45) is 11.5 Å². The van der Waals surface area contributed by atoms with E-state index in [2.05, 4.69) is 10.6 Å². The fourth-order valence-corrected chi connectivity index (χ4v) is 0.881. The summed E-state index contributed by atoms with van der Waals surface area (Å²) in [4.78, 5) is 3.00. The first kappa shape index (κ1) is 26.5. The summed E-state index contributed by atoms with van der Waals surface area (Å²) in [5.41, 5.74) is 37.7. The molecule has 0 saturated carbocycles. The van der Waals surface area contributed by atoms with Gasteiger partial charge in [0.25, 0.3) is 0 Å². The van der Waals surface area contributed by atoms with E-state index in [0.29, 0.717) is 0 Å². The van der Waals surface area contributed by atoms with Crippen molar-refractivity contribution in [3.8, 4) is 0 Å². The van der Waals surface area contributed by atoms with E-state index >= 15 is 0 Å². The SMILES string of the molecule is NCCCNCCNCCCN.[Co].[N-]=[N+]=[N-].[N-]=[N+]=[N-]. The Morgan fingerprint density at radius 1 is 0.684 bits per heavy atom. The van der Waals surface area contributed by atoms with Gasteiger partial charge in [-0.15, -0.1) is 0 Å². The third-order valence-electron chi connectivity index (χ3n) is 1.59. The summed E-state index contributed by atoms with van der Waals surface area (Å²) in [7, 11) is 0. The van der Waals surface area contributed by atoms with E-state index in [1.807, 2.05) is 0 Å². The molecule has 0 saturated heterocycles. The summed E-state index contributed by atoms with van der Waals surface area (Å²) in [6.07, 6.45) is 2.12. The third-order valence-corrected chi connectivity index (χ3v) is 1.59. The third kappa shape index (κ3) is 59.9. The Labute approximate surface area is 123 Å². The second-order valence-electron chi connectivity index (χ2n) is 2.96. The second-order valence-corrected chi connectivity index (χ2v) is 2.96. The van der Waals surface area contributed by atoms with E-state index in [9.17, 15) is 0 Å². The quantitative estimate of drug-likeness (QED) is 0.209. The molecule has 0 spiro atoms. The normalized spacial score (nSPS) is 7.47. The molecule has 11 heteroatoms. The van der Waals surface area contributed by atoms with Crippen LogP contribution in [0.25, 0.3) is 31.9 Å². The molecule has 0 aromatic carbocycles. The van der Waals surface area contributed by atoms with E-state index < -0.39 is 0 Å². The zero-order valence-corrected chi connectivity index (χ0v) is 11.9. The van der Waals surface area contributed by atoms with Crippen LogP contribution in [0.3, 0.4) is 0 Å². The van der Waals surface area contributed by atoms with Gasteiger partial charge >= 0.3 is 0 Å². The predicted octanol–water partition coefficient (Wildman–Crippen LogP) is 0.593. The van der Waals surface area contributed by atoms with Crippen LogP contribution in [0.5, 0.6) is 0 Å². The molecule has 19 heavy (non-hydrogen) atoms. The minimum Gasteiger partial charge on any atom is -0.373 e. The minimum atomic E-state index is 0. The Bertz CT molecular complexity index is 178. The van der Waals surface area contributed by atoms with Gasteiger partial charge in [-0.2, -0.15) is 0 Å². The first-order valence-electron chi connectivity index (χ1n) is 5.53. The second kappa shape index (κ2) is 36.0. The molecule has 0 aromatic heterocycles. The monoisotopic (exact) mass is 317 g/mol. The topological polar surface area (TPSA) is 194 Å². The molecule has 0 aliphatic rings. The minimum absolute atomic E-state index is 0. The molecule has 115 valence electrons. The Balaban J connectivity index is -0.000000137. The zero-order valence-electron chi connectivity index (χ0n) is 10.8. The summed E-state index contributed by atoms with van der Waals surface area (Å²) in [6.45, 7) is 5.63. The van der Waals surface area contributed by atoms with Crippen molar-refractivity contribution in [2.75, 3.05) is 39.3 Å². The molecule has 0 aromatic rings. The van der Waals surface area contributed by atoms with Crippen molar-refractivity contribution >= 4 is 0 Å². The number of nitrogens with two attached hydrogens (primary N) is 2. The smallest absolute Gasteiger partial charge is 0.00767 e. The van der Waals surface area contributed by atoms with Gasteiger partial charge in [0.2, 0.25) is 0 Å². The van der Waals surface area contributed by atoms with Gasteiger partial charge in [-0.25, -0.2) is 0 Å². The van der Waals surface area contributed by atoms with Crippen LogP contribution in [-0.2, 0) is 16.8 Å². The van der Waals surface area contributed by atoms with Crippen LogP contribution in [0.4, 0.5) is 0 Å². The van der Waals surface area contributed by atoms with Crippen LogP contribution in [0, 0.1) is 0 Å². The number of hydrogen-bond donors (Lipinski definition) is 4. The molecule has 6 N–H and O–H groups in total. The molecule has 0 unspecified atom stereocenters. The zero-order chi connectivity index (χ0) is 14.5. The molecule has 0 aliphatic heterocycles. The molecule has 1 radical (unpaired) electrons. The van der Waals surface area contributed by atoms with Crippen LogP contribution in [0.15, 0.2) is 0 Å². The van der Waals surface area contributed by atoms with E-state index in [-0.39, 0.29) is 16.8 Å². The predicted molar refractivity (Wildman–Crippen MR) is 73.2 cm³/mol. The molecule has 0 atom stereocenters. The van der Waals surface area contributed by atoms with Crippen molar-refractivity contribution in [1.82, 2.24) is 10.6 Å². The van der Waals surface area contributed by atoms with Crippen molar-refractivity contribution in [2.45, 2.75) is 12.8 Å². The molecule has 0 rings (SSSR count). The van der Waals surface area contributed by atoms with Crippen molar-refractivity contribution in [1.29, 1.82) is 0 Å². The molecule has 0 amide bonds. The molecule has 0 fully saturated rings. The van der Waals surface area contributed by atoms with E-state index in [4.69, 9.17) is 33.6 Å². The maximum Gasteiger partial charge on any atom is 0.00767 e. The fourth-order valence-electron chi connectivity index (χ4n) is 0.881. The first-order valence-corrected chi connectivity index (χ1v) is 5.53. The Hall–Kier alpha value is -1.03. The molecular formula is C8H22CoN10-2. The molecule has 0 aliphatic carbocycles. The largest absolute Gasteiger partial charge is 0.373 e. The Morgan fingerprint density at radius 3 is 1.16 bits per heavy atom. The first-order chi connectivity index (χ1) is 8.74. The number of nitrogens with one attached hydrogen (secondary N) is 2. The van der Waals surface area contributed by atoms with E-state index in [0.717, 1.165) is 52.1 Å². The number of hydrogen-bond acceptors (Lipinski definition) is 4. The maximum absolute atomic E-state index is 6.75. The molecular weight excluding hydrogens is 295 g/mol. The summed E-state index contributed by atoms with van der Waals surface area (Å²) in [5.74, 6) is 0. The Kier molecular flexibility index (Phi) is 50.2. The van der Waals surface area contributed by atoms with E-state index in [1.54, 1.807) is 0 Å². The van der Waals surface area contributed by atoms with Gasteiger partial charge in [0.05, 0.1) is 0 Å². The van der Waals surface area contributed by atoms with Gasteiger partial charge in [-0.05, 0) is 39.0 Å². The van der Waals surface area contributed by atoms with Crippen LogP contribution in [-0.4, -0.2) is 39.3 Å². The van der Waals surface area contributed by atoms with Gasteiger partial charge in [-0.1, -0.05) is 0 Å². The van der Waals surface area contributed by atoms with Crippen molar-refractivity contribution in [3.05, 3.63) is 31.9 Å². The van der Waals surface area contributed by atoms with Crippen molar-refractivity contribution < 1.29 is 16.8 Å². The Morgan fingerprint density at radius 2 is 0.947 bits per heavy atom. The molecule has 0 heterocycles. The van der Waals surface area contributed by atoms with Crippen LogP contribution in [0.2, 0.25) is 0 Å². The van der Waals surface area contributed by atoms with Gasteiger partial charge in [0.1, 0.15) is 0 Å². The van der Waals surface area contributed by atoms with Crippen LogP contribution in [0.1, 0.15) is 12.8 Å². The van der Waals surface area contributed by atoms with E-state index in [1.165, 1.54) is 9.82 Å². The molecule has 0 bridgehead atoms. The summed E-state index contributed by atoms with van der Waals surface area (Å²) in [5, 5.41) is 6.58. The average molecular weight is 317 g/mol. The van der Waals surface area contributed by atoms with Crippen LogP contribution < -0.4 is 22.1 Å². The standard InChI is InChI=1S/C8H22N4.Co.2N3/c9-3-1-5-11-7-8-12-6-2-4-10;;2*1-3-2/h11-12H,1-10H2;;;/q;;2*-1. The fraction of sp³-hybridized carbons (Fsp3) is 1.00. The average Bonchev–Trinajstić information content (AvgIpc) is 2.35. The van der Waals surface area contributed by atoms with Crippen LogP contribution >= 0.6 is 0 Å². The summed E-state index contributed by atoms with van der Waals surface area (Å²) < 4.78 is 0. The maximum atomic E-state index is 6.75. The van der Waals surface area contributed by atoms with Gasteiger partial charge in [-0.3, -0.25) is 9.82 Å².